The van der Waals surface area contributed by atoms with Crippen LogP contribution in [0.25, 0.3) is 27.8 Å². The van der Waals surface area contributed by atoms with Crippen LogP contribution in [-0.4, -0.2) is 22.0 Å². The Morgan fingerprint density at radius 2 is 1.31 bits per heavy atom. The van der Waals surface area contributed by atoms with Crippen molar-refractivity contribution in [3.63, 3.8) is 0 Å². The van der Waals surface area contributed by atoms with Crippen LogP contribution in [0.15, 0.2) is 97.2 Å². The summed E-state index contributed by atoms with van der Waals surface area (Å²) in [6, 6.07) is 28.2. The lowest BCUT2D eigenvalue weighted by molar-refractivity contribution is -0.114. The zero-order chi connectivity index (χ0) is 24.4. The van der Waals surface area contributed by atoms with Crippen LogP contribution in [0.2, 0.25) is 0 Å². The maximum absolute atomic E-state index is 12.6. The van der Waals surface area contributed by atoms with Crippen LogP contribution in [0.3, 0.4) is 0 Å². The molecule has 4 N–H and O–H groups in total. The highest BCUT2D eigenvalue weighted by molar-refractivity contribution is 6.31. The fourth-order valence-electron chi connectivity index (χ4n) is 4.08. The lowest BCUT2D eigenvalue weighted by Crippen LogP contribution is -2.37. The van der Waals surface area contributed by atoms with Gasteiger partial charge >= 0.3 is 0 Å². The Bertz CT molecular complexity index is 1460. The molecule has 172 valence electrons. The van der Waals surface area contributed by atoms with Crippen molar-refractivity contribution in [2.24, 2.45) is 0 Å². The van der Waals surface area contributed by atoms with Crippen LogP contribution in [0.1, 0.15) is 21.5 Å². The third-order valence-corrected chi connectivity index (χ3v) is 5.94. The number of aromatic hydroxyl groups is 2. The second kappa shape index (κ2) is 9.19. The third-order valence-electron chi connectivity index (χ3n) is 5.94. The van der Waals surface area contributed by atoms with Gasteiger partial charge < -0.3 is 15.5 Å². The fourth-order valence-corrected chi connectivity index (χ4v) is 4.08. The summed E-state index contributed by atoms with van der Waals surface area (Å²) in [6.45, 7) is 0.314. The molecule has 35 heavy (non-hydrogen) atoms. The highest BCUT2D eigenvalue weighted by Crippen LogP contribution is 2.31. The number of phenols is 2. The van der Waals surface area contributed by atoms with Crippen LogP contribution < -0.4 is 10.6 Å². The zero-order valence-electron chi connectivity index (χ0n) is 18.7. The van der Waals surface area contributed by atoms with Gasteiger partial charge in [-0.1, -0.05) is 66.7 Å². The number of carbonyl (C=O) groups is 2. The minimum Gasteiger partial charge on any atom is -0.504 e. The number of phenolic OH excluding ortho intramolecular Hbond substituents is 2. The molecule has 0 atom stereocenters. The molecular formula is C29H22N2O4. The monoisotopic (exact) mass is 462 g/mol. The summed E-state index contributed by atoms with van der Waals surface area (Å²) in [6.07, 6.45) is 1.56. The highest BCUT2D eigenvalue weighted by atomic mass is 16.3. The molecule has 0 aliphatic carbocycles. The number of amides is 2. The van der Waals surface area contributed by atoms with Crippen molar-refractivity contribution < 1.29 is 19.8 Å². The minimum absolute atomic E-state index is 0.199. The van der Waals surface area contributed by atoms with Crippen molar-refractivity contribution in [2.75, 3.05) is 0 Å². The number of hydrogen-bond donors (Lipinski definition) is 4. The molecule has 1 aliphatic rings. The number of imide groups is 1. The number of carbonyl (C=O) groups excluding carboxylic acids is 2. The summed E-state index contributed by atoms with van der Waals surface area (Å²) in [5.74, 6) is -1.33. The second-order valence-electron chi connectivity index (χ2n) is 8.25. The minimum atomic E-state index is -0.486. The molecule has 1 aliphatic heterocycles. The Morgan fingerprint density at radius 1 is 0.657 bits per heavy atom. The Hall–Kier alpha value is -4.84. The molecule has 0 spiro atoms. The Kier molecular flexibility index (Phi) is 5.77. The molecule has 6 nitrogen and oxygen atoms in total. The van der Waals surface area contributed by atoms with Gasteiger partial charge in [-0.2, -0.15) is 0 Å². The molecule has 6 heteroatoms. The number of rotatable bonds is 5. The summed E-state index contributed by atoms with van der Waals surface area (Å²) >= 11 is 0. The van der Waals surface area contributed by atoms with Crippen molar-refractivity contribution in [3.8, 4) is 33.8 Å². The molecule has 0 radical (unpaired) electrons. The van der Waals surface area contributed by atoms with Gasteiger partial charge in [-0.3, -0.25) is 14.9 Å². The standard InChI is InChI=1S/C29H22N2O4/c32-26-13-6-18(14-27(26)33)16-30-17-25-24-15-22(11-12-23(24)28(34)31-29(25)35)21-9-7-20(8-10-21)19-4-2-1-3-5-19/h1-15,17,30,32-33H,16H2,(H,31,34,35)/b25-17+. The SMILES string of the molecule is O=C1NC(=O)c2ccc(-c3ccc(-c4ccccc4)cc3)cc2/C1=C\NCc1ccc(O)c(O)c1. The van der Waals surface area contributed by atoms with E-state index in [0.29, 0.717) is 23.2 Å². The van der Waals surface area contributed by atoms with Gasteiger partial charge in [0.1, 0.15) is 0 Å². The van der Waals surface area contributed by atoms with Crippen LogP contribution in [0, 0.1) is 0 Å². The zero-order valence-corrected chi connectivity index (χ0v) is 18.7. The Balaban J connectivity index is 1.44. The summed E-state index contributed by atoms with van der Waals surface area (Å²) in [5, 5.41) is 24.6. The maximum Gasteiger partial charge on any atom is 0.260 e. The summed E-state index contributed by atoms with van der Waals surface area (Å²) in [7, 11) is 0. The van der Waals surface area contributed by atoms with E-state index in [1.165, 1.54) is 12.1 Å². The first kappa shape index (κ1) is 22.0. The molecule has 0 saturated heterocycles. The molecule has 0 aromatic heterocycles. The van der Waals surface area contributed by atoms with Gasteiger partial charge in [0.15, 0.2) is 11.5 Å². The van der Waals surface area contributed by atoms with Crippen molar-refractivity contribution in [1.82, 2.24) is 10.6 Å². The molecule has 1 heterocycles. The number of fused-ring (bicyclic) bond motifs is 1. The van der Waals surface area contributed by atoms with E-state index in [0.717, 1.165) is 27.8 Å². The van der Waals surface area contributed by atoms with Crippen molar-refractivity contribution >= 4 is 17.4 Å². The smallest absolute Gasteiger partial charge is 0.260 e. The van der Waals surface area contributed by atoms with Crippen LogP contribution in [0.5, 0.6) is 11.5 Å². The summed E-state index contributed by atoms with van der Waals surface area (Å²) < 4.78 is 0. The van der Waals surface area contributed by atoms with E-state index in [1.54, 1.807) is 18.3 Å². The van der Waals surface area contributed by atoms with Crippen LogP contribution in [0.4, 0.5) is 0 Å². The van der Waals surface area contributed by atoms with Gasteiger partial charge in [0.2, 0.25) is 0 Å². The van der Waals surface area contributed by atoms with Gasteiger partial charge in [-0.15, -0.1) is 0 Å². The molecule has 0 saturated carbocycles. The van der Waals surface area contributed by atoms with E-state index in [2.05, 4.69) is 22.8 Å². The van der Waals surface area contributed by atoms with Gasteiger partial charge in [0, 0.05) is 23.9 Å². The average Bonchev–Trinajstić information content (AvgIpc) is 2.88. The molecule has 5 rings (SSSR count). The maximum atomic E-state index is 12.6. The molecular weight excluding hydrogens is 440 g/mol. The predicted octanol–water partition coefficient (Wildman–Crippen LogP) is 4.83. The van der Waals surface area contributed by atoms with E-state index in [-0.39, 0.29) is 11.5 Å². The van der Waals surface area contributed by atoms with E-state index >= 15 is 0 Å². The molecule has 2 amide bonds. The van der Waals surface area contributed by atoms with Gasteiger partial charge in [-0.25, -0.2) is 0 Å². The van der Waals surface area contributed by atoms with Gasteiger partial charge in [0.25, 0.3) is 11.8 Å². The summed E-state index contributed by atoms with van der Waals surface area (Å²) in [5.41, 5.74) is 6.12. The first-order chi connectivity index (χ1) is 17.0. The normalized spacial score (nSPS) is 13.9. The molecule has 0 bridgehead atoms. The molecule has 4 aromatic carbocycles. The van der Waals surface area contributed by atoms with Crippen LogP contribution >= 0.6 is 0 Å². The van der Waals surface area contributed by atoms with E-state index in [1.807, 2.05) is 54.6 Å². The van der Waals surface area contributed by atoms with Crippen molar-refractivity contribution in [2.45, 2.75) is 6.54 Å². The molecule has 4 aromatic rings. The van der Waals surface area contributed by atoms with E-state index < -0.39 is 11.8 Å². The first-order valence-electron chi connectivity index (χ1n) is 11.1. The lowest BCUT2D eigenvalue weighted by atomic mass is 9.91. The van der Waals surface area contributed by atoms with Crippen molar-refractivity contribution in [1.29, 1.82) is 0 Å². The Morgan fingerprint density at radius 3 is 2.03 bits per heavy atom. The quantitative estimate of drug-likeness (QED) is 0.193. The van der Waals surface area contributed by atoms with E-state index in [4.69, 9.17) is 0 Å². The van der Waals surface area contributed by atoms with E-state index in [9.17, 15) is 19.8 Å². The van der Waals surface area contributed by atoms with Crippen LogP contribution in [-0.2, 0) is 11.3 Å². The lowest BCUT2D eigenvalue weighted by Gasteiger charge is -2.19. The van der Waals surface area contributed by atoms with Gasteiger partial charge in [-0.05, 0) is 52.1 Å². The number of hydrogen-bond acceptors (Lipinski definition) is 5. The highest BCUT2D eigenvalue weighted by Gasteiger charge is 2.27. The molecule has 0 unspecified atom stereocenters. The Labute approximate surface area is 202 Å². The second-order valence-corrected chi connectivity index (χ2v) is 8.25. The first-order valence-corrected chi connectivity index (χ1v) is 11.1. The molecule has 0 fully saturated rings. The summed E-state index contributed by atoms with van der Waals surface area (Å²) in [4.78, 5) is 25.1. The largest absolute Gasteiger partial charge is 0.504 e. The number of benzene rings is 4. The topological polar surface area (TPSA) is 98.7 Å². The fraction of sp³-hybridized carbons (Fsp3) is 0.0345. The predicted molar refractivity (Wildman–Crippen MR) is 134 cm³/mol. The number of nitrogens with one attached hydrogen (secondary N) is 2. The van der Waals surface area contributed by atoms with Crippen molar-refractivity contribution in [3.05, 3.63) is 114 Å². The van der Waals surface area contributed by atoms with Gasteiger partial charge in [0.05, 0.1) is 5.57 Å². The third kappa shape index (κ3) is 4.50. The average molecular weight is 463 g/mol.